The van der Waals surface area contributed by atoms with Gasteiger partial charge in [-0.15, -0.1) is 0 Å². The maximum atomic E-state index is 12.1. The highest BCUT2D eigenvalue weighted by atomic mass is 16.5. The first kappa shape index (κ1) is 15.6. The second-order valence-corrected chi connectivity index (χ2v) is 4.90. The third-order valence-electron chi connectivity index (χ3n) is 3.09. The minimum absolute atomic E-state index is 0.00421. The largest absolute Gasteiger partial charge is 0.492 e. The Morgan fingerprint density at radius 3 is 2.73 bits per heavy atom. The number of aryl methyl sites for hydroxylation is 1. The molecule has 0 unspecified atom stereocenters. The van der Waals surface area contributed by atoms with Crippen molar-refractivity contribution in [2.24, 2.45) is 0 Å². The Morgan fingerprint density at radius 1 is 1.32 bits per heavy atom. The molecule has 116 valence electrons. The minimum atomic E-state index is -1.13. The Hall–Kier alpha value is -2.76. The summed E-state index contributed by atoms with van der Waals surface area (Å²) < 4.78 is 10.5. The predicted octanol–water partition coefficient (Wildman–Crippen LogP) is 2.44. The highest BCUT2D eigenvalue weighted by Gasteiger charge is 2.18. The number of carboxylic acids is 1. The topological polar surface area (TPSA) is 80.0 Å². The molecule has 0 aliphatic carbocycles. The Labute approximate surface area is 127 Å². The molecular formula is C16H17NO5. The number of hydrogen-bond acceptors (Lipinski definition) is 4. The second-order valence-electron chi connectivity index (χ2n) is 4.90. The van der Waals surface area contributed by atoms with Gasteiger partial charge in [0.05, 0.1) is 12.1 Å². The third-order valence-corrected chi connectivity index (χ3v) is 3.09. The maximum Gasteiger partial charge on any atom is 0.338 e. The van der Waals surface area contributed by atoms with E-state index in [4.69, 9.17) is 14.3 Å². The summed E-state index contributed by atoms with van der Waals surface area (Å²) in [4.78, 5) is 24.2. The summed E-state index contributed by atoms with van der Waals surface area (Å²) in [6, 6.07) is 8.84. The highest BCUT2D eigenvalue weighted by molar-refractivity contribution is 5.95. The van der Waals surface area contributed by atoms with Crippen molar-refractivity contribution in [3.63, 3.8) is 0 Å². The lowest BCUT2D eigenvalue weighted by atomic mass is 10.2. The average Bonchev–Trinajstić information content (AvgIpc) is 2.96. The van der Waals surface area contributed by atoms with Crippen molar-refractivity contribution >= 4 is 11.9 Å². The number of nitrogens with zero attached hydrogens (tertiary/aromatic N) is 1. The quantitative estimate of drug-likeness (QED) is 0.886. The van der Waals surface area contributed by atoms with E-state index in [0.29, 0.717) is 13.2 Å². The van der Waals surface area contributed by atoms with E-state index in [1.54, 1.807) is 7.05 Å². The summed E-state index contributed by atoms with van der Waals surface area (Å²) in [5.41, 5.74) is 1.05. The number of benzene rings is 1. The molecule has 0 aliphatic heterocycles. The predicted molar refractivity (Wildman–Crippen MR) is 79.3 cm³/mol. The van der Waals surface area contributed by atoms with E-state index < -0.39 is 5.97 Å². The van der Waals surface area contributed by atoms with Crippen LogP contribution < -0.4 is 4.74 Å². The fourth-order valence-corrected chi connectivity index (χ4v) is 1.86. The number of likely N-dealkylation sites (N-methyl/N-ethyl adjacent to an activating group) is 1. The van der Waals surface area contributed by atoms with Crippen LogP contribution in [0.5, 0.6) is 5.75 Å². The number of carbonyl (C=O) groups is 2. The van der Waals surface area contributed by atoms with Crippen molar-refractivity contribution in [3.05, 3.63) is 53.5 Å². The van der Waals surface area contributed by atoms with Crippen LogP contribution >= 0.6 is 0 Å². The lowest BCUT2D eigenvalue weighted by Crippen LogP contribution is -2.30. The number of ether oxygens (including phenoxy) is 1. The van der Waals surface area contributed by atoms with Gasteiger partial charge in [0.15, 0.2) is 5.76 Å². The van der Waals surface area contributed by atoms with Gasteiger partial charge in [-0.1, -0.05) is 12.1 Å². The van der Waals surface area contributed by atoms with Crippen molar-refractivity contribution in [2.45, 2.75) is 6.92 Å². The van der Waals surface area contributed by atoms with Crippen LogP contribution in [0.15, 0.2) is 41.0 Å². The normalized spacial score (nSPS) is 10.3. The number of rotatable bonds is 6. The molecule has 1 amide bonds. The van der Waals surface area contributed by atoms with Crippen LogP contribution in [-0.2, 0) is 0 Å². The van der Waals surface area contributed by atoms with E-state index >= 15 is 0 Å². The van der Waals surface area contributed by atoms with E-state index in [-0.39, 0.29) is 17.2 Å². The lowest BCUT2D eigenvalue weighted by molar-refractivity contribution is 0.0694. The molecule has 6 nitrogen and oxygen atoms in total. The minimum Gasteiger partial charge on any atom is -0.492 e. The Morgan fingerprint density at radius 2 is 2.09 bits per heavy atom. The molecule has 0 fully saturated rings. The van der Waals surface area contributed by atoms with Gasteiger partial charge in [-0.25, -0.2) is 4.79 Å². The summed E-state index contributed by atoms with van der Waals surface area (Å²) in [5, 5.41) is 8.80. The van der Waals surface area contributed by atoms with Gasteiger partial charge in [-0.05, 0) is 24.6 Å². The second kappa shape index (κ2) is 6.80. The van der Waals surface area contributed by atoms with Gasteiger partial charge < -0.3 is 19.2 Å². The first-order valence-electron chi connectivity index (χ1n) is 6.74. The number of aromatic carboxylic acids is 1. The van der Waals surface area contributed by atoms with Gasteiger partial charge >= 0.3 is 5.97 Å². The number of amides is 1. The van der Waals surface area contributed by atoms with Gasteiger partial charge in [-0.3, -0.25) is 4.79 Å². The Balaban J connectivity index is 1.87. The van der Waals surface area contributed by atoms with Gasteiger partial charge in [0.25, 0.3) is 5.91 Å². The summed E-state index contributed by atoms with van der Waals surface area (Å²) in [5.74, 6) is -0.781. The fraction of sp³-hybridized carbons (Fsp3) is 0.250. The first-order chi connectivity index (χ1) is 10.5. The molecule has 2 rings (SSSR count). The van der Waals surface area contributed by atoms with Crippen molar-refractivity contribution < 1.29 is 23.8 Å². The summed E-state index contributed by atoms with van der Waals surface area (Å²) in [6.45, 7) is 2.66. The zero-order valence-corrected chi connectivity index (χ0v) is 12.4. The van der Waals surface area contributed by atoms with Crippen LogP contribution in [0.1, 0.15) is 26.5 Å². The van der Waals surface area contributed by atoms with Crippen LogP contribution in [0.4, 0.5) is 0 Å². The van der Waals surface area contributed by atoms with Crippen LogP contribution in [-0.4, -0.2) is 42.1 Å². The van der Waals surface area contributed by atoms with E-state index in [1.165, 1.54) is 11.0 Å². The van der Waals surface area contributed by atoms with Crippen LogP contribution in [0.2, 0.25) is 0 Å². The van der Waals surface area contributed by atoms with Crippen LogP contribution in [0.3, 0.4) is 0 Å². The molecule has 0 spiro atoms. The standard InChI is InChI=1S/C16H17NO5/c1-11-4-3-5-13(8-11)21-7-6-17(2)15(18)14-9-12(10-22-14)16(19)20/h3-5,8-10H,6-7H2,1-2H3,(H,19,20). The van der Waals surface area contributed by atoms with Crippen molar-refractivity contribution in [1.29, 1.82) is 0 Å². The third kappa shape index (κ3) is 3.88. The summed E-state index contributed by atoms with van der Waals surface area (Å²) in [6.07, 6.45) is 1.05. The molecule has 0 aliphatic rings. The van der Waals surface area contributed by atoms with E-state index in [9.17, 15) is 9.59 Å². The number of carbonyl (C=O) groups excluding carboxylic acids is 1. The monoisotopic (exact) mass is 303 g/mol. The molecule has 22 heavy (non-hydrogen) atoms. The van der Waals surface area contributed by atoms with Crippen molar-refractivity contribution in [1.82, 2.24) is 4.90 Å². The van der Waals surface area contributed by atoms with Crippen molar-refractivity contribution in [2.75, 3.05) is 20.2 Å². The number of furan rings is 1. The molecule has 1 N–H and O–H groups in total. The fourth-order valence-electron chi connectivity index (χ4n) is 1.86. The first-order valence-corrected chi connectivity index (χ1v) is 6.74. The van der Waals surface area contributed by atoms with Gasteiger partial charge in [0.2, 0.25) is 0 Å². The molecule has 1 aromatic carbocycles. The van der Waals surface area contributed by atoms with E-state index in [0.717, 1.165) is 17.6 Å². The maximum absolute atomic E-state index is 12.1. The van der Waals surface area contributed by atoms with Crippen LogP contribution in [0.25, 0.3) is 0 Å². The SMILES string of the molecule is Cc1cccc(OCCN(C)C(=O)c2cc(C(=O)O)co2)c1. The molecule has 0 saturated carbocycles. The number of hydrogen-bond donors (Lipinski definition) is 1. The van der Waals surface area contributed by atoms with Gasteiger partial charge in [0, 0.05) is 13.1 Å². The van der Waals surface area contributed by atoms with Gasteiger partial charge in [-0.2, -0.15) is 0 Å². The molecule has 1 aromatic heterocycles. The van der Waals surface area contributed by atoms with E-state index in [1.807, 2.05) is 31.2 Å². The Bertz CT molecular complexity index is 677. The molecular weight excluding hydrogens is 286 g/mol. The smallest absolute Gasteiger partial charge is 0.338 e. The molecule has 0 atom stereocenters. The highest BCUT2D eigenvalue weighted by Crippen LogP contribution is 2.13. The van der Waals surface area contributed by atoms with Crippen molar-refractivity contribution in [3.8, 4) is 5.75 Å². The van der Waals surface area contributed by atoms with Crippen LogP contribution in [0, 0.1) is 6.92 Å². The summed E-state index contributed by atoms with van der Waals surface area (Å²) >= 11 is 0. The molecule has 0 radical (unpaired) electrons. The van der Waals surface area contributed by atoms with Gasteiger partial charge in [0.1, 0.15) is 18.6 Å². The molecule has 6 heteroatoms. The molecule has 2 aromatic rings. The average molecular weight is 303 g/mol. The lowest BCUT2D eigenvalue weighted by Gasteiger charge is -2.16. The zero-order valence-electron chi connectivity index (χ0n) is 12.4. The van der Waals surface area contributed by atoms with E-state index in [2.05, 4.69) is 0 Å². The summed E-state index contributed by atoms with van der Waals surface area (Å²) in [7, 11) is 1.60. The molecule has 1 heterocycles. The Kier molecular flexibility index (Phi) is 4.83. The molecule has 0 bridgehead atoms. The zero-order chi connectivity index (χ0) is 16.1. The number of carboxylic acid groups (broad SMARTS) is 1. The molecule has 0 saturated heterocycles.